The average Bonchev–Trinajstić information content (AvgIpc) is 2.87. The zero-order chi connectivity index (χ0) is 14.1. The second-order valence-electron chi connectivity index (χ2n) is 5.78. The third-order valence-electron chi connectivity index (χ3n) is 4.67. The highest BCUT2D eigenvalue weighted by molar-refractivity contribution is 5.83. The summed E-state index contributed by atoms with van der Waals surface area (Å²) in [4.78, 5) is 13.8. The Morgan fingerprint density at radius 1 is 1.35 bits per heavy atom. The van der Waals surface area contributed by atoms with E-state index in [0.29, 0.717) is 18.7 Å². The molecular weight excluding hydrogens is 254 g/mol. The summed E-state index contributed by atoms with van der Waals surface area (Å²) >= 11 is 0. The van der Waals surface area contributed by atoms with Crippen molar-refractivity contribution in [2.24, 2.45) is 0 Å². The molecule has 4 heteroatoms. The number of carbonyl (C=O) groups is 1. The van der Waals surface area contributed by atoms with Crippen LogP contribution in [-0.2, 0) is 9.53 Å². The molecule has 0 aromatic heterocycles. The second-order valence-corrected chi connectivity index (χ2v) is 5.78. The van der Waals surface area contributed by atoms with Crippen LogP contribution >= 0.6 is 0 Å². The summed E-state index contributed by atoms with van der Waals surface area (Å²) in [5, 5.41) is 9.42. The van der Waals surface area contributed by atoms with Gasteiger partial charge in [0.15, 0.2) is 0 Å². The van der Waals surface area contributed by atoms with Crippen LogP contribution in [0.5, 0.6) is 0 Å². The standard InChI is InChI=1S/C16H21NO3/c1-20-12-6-4-5-11(9-12)17-10-14(16(18)19)13-7-2-3-8-15(13)17/h2-3,7-8,11-12,14H,4-6,9-10H2,1H3,(H,18,19). The Balaban J connectivity index is 1.86. The largest absolute Gasteiger partial charge is 0.481 e. The number of carboxylic acids is 1. The molecule has 3 atom stereocenters. The van der Waals surface area contributed by atoms with Crippen molar-refractivity contribution in [3.63, 3.8) is 0 Å². The van der Waals surface area contributed by atoms with E-state index >= 15 is 0 Å². The summed E-state index contributed by atoms with van der Waals surface area (Å²) in [7, 11) is 1.77. The molecule has 2 aliphatic rings. The molecule has 0 bridgehead atoms. The molecule has 0 saturated heterocycles. The SMILES string of the molecule is COC1CCCC(N2CC(C(=O)O)c3ccccc32)C1. The van der Waals surface area contributed by atoms with Crippen molar-refractivity contribution in [3.05, 3.63) is 29.8 Å². The van der Waals surface area contributed by atoms with E-state index in [9.17, 15) is 9.90 Å². The van der Waals surface area contributed by atoms with Crippen molar-refractivity contribution >= 4 is 11.7 Å². The summed E-state index contributed by atoms with van der Waals surface area (Å²) in [6, 6.07) is 8.32. The molecule has 1 aliphatic heterocycles. The fourth-order valence-electron chi connectivity index (χ4n) is 3.61. The number of nitrogens with zero attached hydrogens (tertiary/aromatic N) is 1. The van der Waals surface area contributed by atoms with Gasteiger partial charge in [-0.05, 0) is 37.3 Å². The predicted molar refractivity (Wildman–Crippen MR) is 77.2 cm³/mol. The monoisotopic (exact) mass is 275 g/mol. The van der Waals surface area contributed by atoms with Gasteiger partial charge in [-0.15, -0.1) is 0 Å². The average molecular weight is 275 g/mol. The zero-order valence-corrected chi connectivity index (χ0v) is 11.8. The second kappa shape index (κ2) is 5.44. The lowest BCUT2D eigenvalue weighted by atomic mass is 9.91. The fourth-order valence-corrected chi connectivity index (χ4v) is 3.61. The lowest BCUT2D eigenvalue weighted by Gasteiger charge is -2.36. The Hall–Kier alpha value is -1.55. The predicted octanol–water partition coefficient (Wildman–Crippen LogP) is 2.63. The van der Waals surface area contributed by atoms with Crippen LogP contribution in [-0.4, -0.2) is 36.9 Å². The maximum atomic E-state index is 11.5. The molecule has 108 valence electrons. The van der Waals surface area contributed by atoms with Gasteiger partial charge in [-0.2, -0.15) is 0 Å². The van der Waals surface area contributed by atoms with Crippen LogP contribution in [0, 0.1) is 0 Å². The van der Waals surface area contributed by atoms with E-state index in [-0.39, 0.29) is 0 Å². The van der Waals surface area contributed by atoms with Crippen molar-refractivity contribution in [2.45, 2.75) is 43.7 Å². The Morgan fingerprint density at radius 2 is 2.15 bits per heavy atom. The molecule has 1 saturated carbocycles. The third-order valence-corrected chi connectivity index (χ3v) is 4.67. The number of ether oxygens (including phenoxy) is 1. The van der Waals surface area contributed by atoms with E-state index in [1.165, 1.54) is 0 Å². The Kier molecular flexibility index (Phi) is 3.66. The van der Waals surface area contributed by atoms with Crippen LogP contribution in [0.2, 0.25) is 0 Å². The highest BCUT2D eigenvalue weighted by Gasteiger charge is 2.38. The first-order valence-corrected chi connectivity index (χ1v) is 7.32. The minimum absolute atomic E-state index is 0.310. The molecule has 0 radical (unpaired) electrons. The highest BCUT2D eigenvalue weighted by atomic mass is 16.5. The molecule has 0 amide bonds. The highest BCUT2D eigenvalue weighted by Crippen LogP contribution is 2.40. The molecular formula is C16H21NO3. The molecule has 4 nitrogen and oxygen atoms in total. The van der Waals surface area contributed by atoms with Crippen molar-refractivity contribution in [3.8, 4) is 0 Å². The van der Waals surface area contributed by atoms with E-state index < -0.39 is 11.9 Å². The van der Waals surface area contributed by atoms with E-state index in [1.807, 2.05) is 18.2 Å². The van der Waals surface area contributed by atoms with Gasteiger partial charge >= 0.3 is 5.97 Å². The number of rotatable bonds is 3. The summed E-state index contributed by atoms with van der Waals surface area (Å²) in [5.74, 6) is -1.12. The van der Waals surface area contributed by atoms with E-state index in [0.717, 1.165) is 36.9 Å². The molecule has 1 aromatic rings. The molecule has 3 rings (SSSR count). The van der Waals surface area contributed by atoms with Gasteiger partial charge in [0.05, 0.1) is 6.10 Å². The number of carboxylic acid groups (broad SMARTS) is 1. The van der Waals surface area contributed by atoms with Crippen molar-refractivity contribution in [1.82, 2.24) is 0 Å². The van der Waals surface area contributed by atoms with Gasteiger partial charge in [0.2, 0.25) is 0 Å². The van der Waals surface area contributed by atoms with E-state index in [4.69, 9.17) is 4.74 Å². The van der Waals surface area contributed by atoms with Crippen molar-refractivity contribution < 1.29 is 14.6 Å². The molecule has 20 heavy (non-hydrogen) atoms. The van der Waals surface area contributed by atoms with Gasteiger partial charge in [0, 0.05) is 25.4 Å². The van der Waals surface area contributed by atoms with Gasteiger partial charge in [0.1, 0.15) is 5.92 Å². The molecule has 1 aromatic carbocycles. The topological polar surface area (TPSA) is 49.8 Å². The number of methoxy groups -OCH3 is 1. The van der Waals surface area contributed by atoms with Gasteiger partial charge in [-0.25, -0.2) is 0 Å². The molecule has 1 N–H and O–H groups in total. The van der Waals surface area contributed by atoms with Gasteiger partial charge in [0.25, 0.3) is 0 Å². The number of hydrogen-bond donors (Lipinski definition) is 1. The quantitative estimate of drug-likeness (QED) is 0.921. The maximum absolute atomic E-state index is 11.5. The smallest absolute Gasteiger partial charge is 0.312 e. The van der Waals surface area contributed by atoms with Crippen molar-refractivity contribution in [1.29, 1.82) is 0 Å². The Bertz CT molecular complexity index is 502. The van der Waals surface area contributed by atoms with Crippen LogP contribution in [0.4, 0.5) is 5.69 Å². The number of anilines is 1. The molecule has 3 unspecified atom stereocenters. The Morgan fingerprint density at radius 3 is 2.90 bits per heavy atom. The minimum atomic E-state index is -0.723. The third kappa shape index (κ3) is 2.29. The zero-order valence-electron chi connectivity index (χ0n) is 11.8. The first-order chi connectivity index (χ1) is 9.70. The molecule has 1 aliphatic carbocycles. The normalized spacial score (nSPS) is 29.2. The van der Waals surface area contributed by atoms with Crippen LogP contribution in [0.25, 0.3) is 0 Å². The molecule has 1 heterocycles. The molecule has 0 spiro atoms. The number of benzene rings is 1. The fraction of sp³-hybridized carbons (Fsp3) is 0.562. The van der Waals surface area contributed by atoms with Crippen LogP contribution in [0.1, 0.15) is 37.2 Å². The first kappa shape index (κ1) is 13.4. The maximum Gasteiger partial charge on any atom is 0.312 e. The summed E-state index contributed by atoms with van der Waals surface area (Å²) in [6.45, 7) is 0.593. The number of fused-ring (bicyclic) bond motifs is 1. The first-order valence-electron chi connectivity index (χ1n) is 7.32. The van der Waals surface area contributed by atoms with Gasteiger partial charge in [-0.1, -0.05) is 18.2 Å². The van der Waals surface area contributed by atoms with Crippen LogP contribution in [0.15, 0.2) is 24.3 Å². The lowest BCUT2D eigenvalue weighted by molar-refractivity contribution is -0.138. The van der Waals surface area contributed by atoms with Crippen LogP contribution in [0.3, 0.4) is 0 Å². The van der Waals surface area contributed by atoms with E-state index in [1.54, 1.807) is 7.11 Å². The minimum Gasteiger partial charge on any atom is -0.481 e. The number of aliphatic carboxylic acids is 1. The summed E-state index contributed by atoms with van der Waals surface area (Å²) in [5.41, 5.74) is 2.06. The number of para-hydroxylation sites is 1. The summed E-state index contributed by atoms with van der Waals surface area (Å²) in [6.07, 6.45) is 4.70. The van der Waals surface area contributed by atoms with Crippen molar-refractivity contribution in [2.75, 3.05) is 18.6 Å². The summed E-state index contributed by atoms with van der Waals surface area (Å²) < 4.78 is 5.50. The van der Waals surface area contributed by atoms with Crippen LogP contribution < -0.4 is 4.90 Å². The number of hydrogen-bond acceptors (Lipinski definition) is 3. The van der Waals surface area contributed by atoms with Gasteiger partial charge in [-0.3, -0.25) is 4.79 Å². The van der Waals surface area contributed by atoms with E-state index in [2.05, 4.69) is 11.0 Å². The lowest BCUT2D eigenvalue weighted by Crippen LogP contribution is -2.40. The molecule has 1 fully saturated rings. The Labute approximate surface area is 119 Å². The van der Waals surface area contributed by atoms with Gasteiger partial charge < -0.3 is 14.7 Å².